The molecule has 0 bridgehead atoms. The lowest BCUT2D eigenvalue weighted by atomic mass is 9.89. The molecule has 1 heterocycles. The second kappa shape index (κ2) is 9.04. The predicted molar refractivity (Wildman–Crippen MR) is 84.7 cm³/mol. The topological polar surface area (TPSA) is 160 Å². The number of aliphatic hydroxyl groups excluding tert-OH is 3. The van der Waals surface area contributed by atoms with E-state index in [4.69, 9.17) is 26.0 Å². The van der Waals surface area contributed by atoms with Crippen molar-refractivity contribution < 1.29 is 29.6 Å². The average molecular weight is 347 g/mol. The van der Waals surface area contributed by atoms with Crippen LogP contribution in [0.15, 0.2) is 0 Å². The van der Waals surface area contributed by atoms with Crippen molar-refractivity contribution in [2.45, 2.75) is 74.9 Å². The van der Waals surface area contributed by atoms with Crippen molar-refractivity contribution in [1.82, 2.24) is 5.32 Å². The Hall–Kier alpha value is -0.810. The second-order valence-corrected chi connectivity index (χ2v) is 6.63. The molecular weight excluding hydrogens is 318 g/mol. The zero-order chi connectivity index (χ0) is 17.7. The number of rotatable bonds is 7. The number of hydrogen-bond acceptors (Lipinski definition) is 8. The van der Waals surface area contributed by atoms with E-state index in [9.17, 15) is 15.0 Å². The summed E-state index contributed by atoms with van der Waals surface area (Å²) in [5, 5.41) is 30.9. The molecule has 0 aromatic carbocycles. The molecule has 1 saturated heterocycles. The van der Waals surface area contributed by atoms with E-state index in [1.807, 2.05) is 0 Å². The monoisotopic (exact) mass is 347 g/mol. The van der Waals surface area contributed by atoms with Gasteiger partial charge in [-0.2, -0.15) is 0 Å². The average Bonchev–Trinajstić information content (AvgIpc) is 3.00. The van der Waals surface area contributed by atoms with Crippen LogP contribution >= 0.6 is 0 Å². The third-order valence-corrected chi connectivity index (χ3v) is 4.54. The highest BCUT2D eigenvalue weighted by Crippen LogP contribution is 2.27. The normalized spacial score (nSPS) is 36.3. The first-order valence-corrected chi connectivity index (χ1v) is 8.46. The van der Waals surface area contributed by atoms with E-state index in [0.717, 1.165) is 12.8 Å². The maximum atomic E-state index is 11.9. The Morgan fingerprint density at radius 2 is 2.04 bits per heavy atom. The van der Waals surface area contributed by atoms with Gasteiger partial charge in [0.2, 0.25) is 0 Å². The van der Waals surface area contributed by atoms with Crippen molar-refractivity contribution >= 4 is 5.91 Å². The van der Waals surface area contributed by atoms with Gasteiger partial charge in [-0.25, -0.2) is 0 Å². The number of nitrogens with two attached hydrogens (primary N) is 2. The number of hydrogen-bond donors (Lipinski definition) is 6. The third-order valence-electron chi connectivity index (χ3n) is 4.54. The Bertz CT molecular complexity index is 413. The Kier molecular flexibility index (Phi) is 7.35. The molecule has 0 aromatic rings. The summed E-state index contributed by atoms with van der Waals surface area (Å²) in [6, 6.07) is -0.387. The molecule has 1 saturated carbocycles. The SMILES string of the molecule is NCC(O)C(O)C(=O)NC1CC(N)CC(OC2CCC(CO)O2)C1. The molecule has 1 aliphatic heterocycles. The highest BCUT2D eigenvalue weighted by Gasteiger charge is 2.34. The van der Waals surface area contributed by atoms with Gasteiger partial charge in [0.15, 0.2) is 12.4 Å². The molecule has 7 atom stereocenters. The summed E-state index contributed by atoms with van der Waals surface area (Å²) in [4.78, 5) is 11.9. The van der Waals surface area contributed by atoms with Gasteiger partial charge < -0.3 is 41.6 Å². The molecule has 2 fully saturated rings. The summed E-state index contributed by atoms with van der Waals surface area (Å²) in [6.07, 6.45) is -0.321. The molecular formula is C15H29N3O6. The molecule has 1 aliphatic carbocycles. The van der Waals surface area contributed by atoms with Crippen LogP contribution < -0.4 is 16.8 Å². The standard InChI is InChI=1S/C15H29N3O6/c16-6-12(20)14(21)15(22)18-9-3-8(17)4-11(5-9)24-13-2-1-10(7-19)23-13/h8-14,19-21H,1-7,16-17H2,(H,18,22). The van der Waals surface area contributed by atoms with Crippen molar-refractivity contribution in [2.24, 2.45) is 11.5 Å². The van der Waals surface area contributed by atoms with Gasteiger partial charge in [-0.15, -0.1) is 0 Å². The van der Waals surface area contributed by atoms with Crippen molar-refractivity contribution in [1.29, 1.82) is 0 Å². The minimum absolute atomic E-state index is 0.0237. The number of carbonyl (C=O) groups excluding carboxylic acids is 1. The van der Waals surface area contributed by atoms with E-state index in [2.05, 4.69) is 5.32 Å². The van der Waals surface area contributed by atoms with Gasteiger partial charge in [-0.05, 0) is 25.7 Å². The zero-order valence-corrected chi connectivity index (χ0v) is 13.7. The fraction of sp³-hybridized carbons (Fsp3) is 0.933. The lowest BCUT2D eigenvalue weighted by Crippen LogP contribution is -2.52. The number of amides is 1. The van der Waals surface area contributed by atoms with Crippen LogP contribution in [0.3, 0.4) is 0 Å². The smallest absolute Gasteiger partial charge is 0.251 e. The van der Waals surface area contributed by atoms with Crippen molar-refractivity contribution in [2.75, 3.05) is 13.2 Å². The van der Waals surface area contributed by atoms with E-state index in [1.165, 1.54) is 0 Å². The van der Waals surface area contributed by atoms with Crippen LogP contribution in [0, 0.1) is 0 Å². The van der Waals surface area contributed by atoms with Crippen molar-refractivity contribution in [3.63, 3.8) is 0 Å². The van der Waals surface area contributed by atoms with Gasteiger partial charge >= 0.3 is 0 Å². The molecule has 7 unspecified atom stereocenters. The number of nitrogens with one attached hydrogen (secondary N) is 1. The van der Waals surface area contributed by atoms with Crippen LogP contribution in [0.4, 0.5) is 0 Å². The third kappa shape index (κ3) is 5.35. The summed E-state index contributed by atoms with van der Waals surface area (Å²) in [5.74, 6) is -0.664. The quantitative estimate of drug-likeness (QED) is 0.296. The van der Waals surface area contributed by atoms with Gasteiger partial charge in [0.05, 0.1) is 18.8 Å². The summed E-state index contributed by atoms with van der Waals surface area (Å²) in [6.45, 7) is -0.223. The fourth-order valence-corrected chi connectivity index (χ4v) is 3.25. The van der Waals surface area contributed by atoms with Crippen LogP contribution in [0.1, 0.15) is 32.1 Å². The highest BCUT2D eigenvalue weighted by atomic mass is 16.7. The minimum atomic E-state index is -1.56. The Labute approximate surface area is 141 Å². The van der Waals surface area contributed by atoms with Crippen molar-refractivity contribution in [3.05, 3.63) is 0 Å². The zero-order valence-electron chi connectivity index (χ0n) is 13.7. The minimum Gasteiger partial charge on any atom is -0.394 e. The van der Waals surface area contributed by atoms with Gasteiger partial charge in [0.1, 0.15) is 6.10 Å². The molecule has 8 N–H and O–H groups in total. The molecule has 1 amide bonds. The Morgan fingerprint density at radius 3 is 2.67 bits per heavy atom. The van der Waals surface area contributed by atoms with Crippen LogP contribution in [-0.4, -0.2) is 77.2 Å². The molecule has 9 nitrogen and oxygen atoms in total. The van der Waals surface area contributed by atoms with Gasteiger partial charge in [0.25, 0.3) is 5.91 Å². The Morgan fingerprint density at radius 1 is 1.29 bits per heavy atom. The molecule has 24 heavy (non-hydrogen) atoms. The van der Waals surface area contributed by atoms with Gasteiger partial charge in [-0.1, -0.05) is 0 Å². The summed E-state index contributed by atoms with van der Waals surface area (Å²) in [7, 11) is 0. The van der Waals surface area contributed by atoms with Crippen molar-refractivity contribution in [3.8, 4) is 0 Å². The van der Waals surface area contributed by atoms with Crippen LogP contribution in [0.2, 0.25) is 0 Å². The van der Waals surface area contributed by atoms with Gasteiger partial charge in [0, 0.05) is 25.0 Å². The first-order chi connectivity index (χ1) is 11.4. The predicted octanol–water partition coefficient (Wildman–Crippen LogP) is -2.45. The van der Waals surface area contributed by atoms with E-state index >= 15 is 0 Å². The summed E-state index contributed by atoms with van der Waals surface area (Å²) >= 11 is 0. The first-order valence-electron chi connectivity index (χ1n) is 8.46. The second-order valence-electron chi connectivity index (χ2n) is 6.63. The fourth-order valence-electron chi connectivity index (χ4n) is 3.25. The van der Waals surface area contributed by atoms with E-state index < -0.39 is 18.1 Å². The lowest BCUT2D eigenvalue weighted by molar-refractivity contribution is -0.175. The molecule has 0 spiro atoms. The Balaban J connectivity index is 1.83. The summed E-state index contributed by atoms with van der Waals surface area (Å²) in [5.41, 5.74) is 11.3. The van der Waals surface area contributed by atoms with Gasteiger partial charge in [-0.3, -0.25) is 4.79 Å². The molecule has 0 radical (unpaired) electrons. The highest BCUT2D eigenvalue weighted by molar-refractivity contribution is 5.81. The molecule has 2 rings (SSSR count). The van der Waals surface area contributed by atoms with E-state index in [0.29, 0.717) is 19.3 Å². The maximum absolute atomic E-state index is 11.9. The molecule has 2 aliphatic rings. The number of aliphatic hydroxyl groups is 3. The number of carbonyl (C=O) groups is 1. The molecule has 140 valence electrons. The van der Waals surface area contributed by atoms with Crippen LogP contribution in [0.5, 0.6) is 0 Å². The largest absolute Gasteiger partial charge is 0.394 e. The van der Waals surface area contributed by atoms with Crippen LogP contribution in [-0.2, 0) is 14.3 Å². The van der Waals surface area contributed by atoms with E-state index in [1.54, 1.807) is 0 Å². The maximum Gasteiger partial charge on any atom is 0.251 e. The van der Waals surface area contributed by atoms with Crippen LogP contribution in [0.25, 0.3) is 0 Å². The lowest BCUT2D eigenvalue weighted by Gasteiger charge is -2.35. The first kappa shape index (κ1) is 19.5. The summed E-state index contributed by atoms with van der Waals surface area (Å²) < 4.78 is 11.5. The molecule has 9 heteroatoms. The number of ether oxygens (including phenoxy) is 2. The molecule has 0 aromatic heterocycles. The van der Waals surface area contributed by atoms with E-state index in [-0.39, 0.29) is 43.7 Å².